The van der Waals surface area contributed by atoms with Gasteiger partial charge < -0.3 is 0 Å². The molecule has 0 spiro atoms. The Morgan fingerprint density at radius 3 is 1.83 bits per heavy atom. The first-order chi connectivity index (χ1) is 5.50. The summed E-state index contributed by atoms with van der Waals surface area (Å²) >= 11 is 0. The topological polar surface area (TPSA) is 0 Å². The number of rotatable bonds is 4. The Morgan fingerprint density at radius 1 is 1.08 bits per heavy atom. The third kappa shape index (κ3) is 3.42. The highest BCUT2D eigenvalue weighted by Gasteiger charge is 2.12. The normalized spacial score (nSPS) is 13.2. The van der Waals surface area contributed by atoms with Gasteiger partial charge in [0.25, 0.3) is 0 Å². The maximum Gasteiger partial charge on any atom is -0.0227 e. The summed E-state index contributed by atoms with van der Waals surface area (Å²) in [5, 5.41) is 0. The van der Waals surface area contributed by atoms with Gasteiger partial charge in [0.05, 0.1) is 0 Å². The molecule has 1 unspecified atom stereocenters. The molecular weight excluding hydrogens is 144 g/mol. The molecule has 12 heavy (non-hydrogen) atoms. The van der Waals surface area contributed by atoms with E-state index in [1.54, 1.807) is 5.57 Å². The van der Waals surface area contributed by atoms with E-state index in [1.165, 1.54) is 18.4 Å². The van der Waals surface area contributed by atoms with E-state index in [4.69, 9.17) is 0 Å². The molecule has 0 fully saturated rings. The zero-order valence-corrected chi connectivity index (χ0v) is 9.57. The van der Waals surface area contributed by atoms with Crippen LogP contribution in [-0.4, -0.2) is 0 Å². The van der Waals surface area contributed by atoms with Crippen LogP contribution in [0.2, 0.25) is 0 Å². The van der Waals surface area contributed by atoms with Crippen LogP contribution >= 0.6 is 0 Å². The summed E-state index contributed by atoms with van der Waals surface area (Å²) < 4.78 is 0. The molecule has 0 radical (unpaired) electrons. The van der Waals surface area contributed by atoms with Crippen LogP contribution in [-0.2, 0) is 0 Å². The summed E-state index contributed by atoms with van der Waals surface area (Å²) in [6.07, 6.45) is 2.63. The van der Waals surface area contributed by atoms with Gasteiger partial charge in [-0.15, -0.1) is 0 Å². The number of allylic oxidation sites excluding steroid dienone is 2. The lowest BCUT2D eigenvalue weighted by Crippen LogP contribution is -2.07. The van der Waals surface area contributed by atoms with Gasteiger partial charge in [0, 0.05) is 0 Å². The molecule has 0 amide bonds. The van der Waals surface area contributed by atoms with Crippen molar-refractivity contribution in [1.82, 2.24) is 0 Å². The van der Waals surface area contributed by atoms with Crippen LogP contribution in [0.4, 0.5) is 0 Å². The molecule has 0 nitrogen and oxygen atoms in total. The summed E-state index contributed by atoms with van der Waals surface area (Å²) in [4.78, 5) is 0. The fourth-order valence-electron chi connectivity index (χ4n) is 2.23. The molecule has 0 bridgehead atoms. The van der Waals surface area contributed by atoms with Gasteiger partial charge in [0.2, 0.25) is 0 Å². The van der Waals surface area contributed by atoms with Crippen LogP contribution in [0.5, 0.6) is 0 Å². The fraction of sp³-hybridized carbons (Fsp3) is 0.833. The Kier molecular flexibility index (Phi) is 5.28. The van der Waals surface area contributed by atoms with E-state index in [1.807, 2.05) is 0 Å². The summed E-state index contributed by atoms with van der Waals surface area (Å²) in [5.74, 6) is 1.50. The average Bonchev–Trinajstić information content (AvgIpc) is 1.85. The average molecular weight is 168 g/mol. The molecule has 0 heteroatoms. The Morgan fingerprint density at radius 2 is 1.58 bits per heavy atom. The minimum absolute atomic E-state index is 0.719. The summed E-state index contributed by atoms with van der Waals surface area (Å²) in [5.41, 5.74) is 3.18. The summed E-state index contributed by atoms with van der Waals surface area (Å²) in [6, 6.07) is 0. The first-order valence-electron chi connectivity index (χ1n) is 5.17. The second-order valence-electron chi connectivity index (χ2n) is 4.30. The monoisotopic (exact) mass is 168 g/mol. The molecule has 0 saturated heterocycles. The van der Waals surface area contributed by atoms with Crippen LogP contribution in [0.15, 0.2) is 11.1 Å². The largest absolute Gasteiger partial charge is 0.0767 e. The Bertz CT molecular complexity index is 147. The molecule has 0 N–H and O–H groups in total. The maximum absolute atomic E-state index is 2.35. The molecule has 0 aliphatic heterocycles. The van der Waals surface area contributed by atoms with E-state index >= 15 is 0 Å². The Hall–Kier alpha value is -0.260. The van der Waals surface area contributed by atoms with E-state index < -0.39 is 0 Å². The van der Waals surface area contributed by atoms with Gasteiger partial charge >= 0.3 is 0 Å². The predicted molar refractivity (Wildman–Crippen MR) is 57.3 cm³/mol. The molecule has 0 aliphatic carbocycles. The van der Waals surface area contributed by atoms with Gasteiger partial charge in [-0.3, -0.25) is 0 Å². The van der Waals surface area contributed by atoms with Crippen LogP contribution < -0.4 is 0 Å². The van der Waals surface area contributed by atoms with Crippen molar-refractivity contribution in [1.29, 1.82) is 0 Å². The van der Waals surface area contributed by atoms with Crippen molar-refractivity contribution < 1.29 is 0 Å². The highest BCUT2D eigenvalue weighted by molar-refractivity contribution is 5.14. The lowest BCUT2D eigenvalue weighted by atomic mass is 9.85. The Labute approximate surface area is 78.1 Å². The molecule has 1 atom stereocenters. The lowest BCUT2D eigenvalue weighted by molar-refractivity contribution is 0.531. The minimum Gasteiger partial charge on any atom is -0.0767 e. The van der Waals surface area contributed by atoms with Gasteiger partial charge in [0.1, 0.15) is 0 Å². The predicted octanol–water partition coefficient (Wildman–Crippen LogP) is 4.42. The van der Waals surface area contributed by atoms with Crippen LogP contribution in [0, 0.1) is 11.8 Å². The minimum atomic E-state index is 0.719. The number of hydrogen-bond acceptors (Lipinski definition) is 0. The Balaban J connectivity index is 4.43. The molecule has 0 aromatic heterocycles. The van der Waals surface area contributed by atoms with Crippen molar-refractivity contribution in [2.75, 3.05) is 0 Å². The smallest absolute Gasteiger partial charge is 0.0227 e. The second-order valence-corrected chi connectivity index (χ2v) is 4.30. The van der Waals surface area contributed by atoms with E-state index in [0.29, 0.717) is 0 Å². The summed E-state index contributed by atoms with van der Waals surface area (Å²) in [7, 11) is 0. The van der Waals surface area contributed by atoms with Gasteiger partial charge in [-0.25, -0.2) is 0 Å². The highest BCUT2D eigenvalue weighted by Crippen LogP contribution is 2.26. The first kappa shape index (κ1) is 11.7. The molecule has 0 saturated carbocycles. The van der Waals surface area contributed by atoms with Gasteiger partial charge in [-0.05, 0) is 32.1 Å². The third-order valence-electron chi connectivity index (χ3n) is 2.45. The molecule has 0 heterocycles. The van der Waals surface area contributed by atoms with Crippen molar-refractivity contribution in [2.24, 2.45) is 11.8 Å². The van der Waals surface area contributed by atoms with Crippen LogP contribution in [0.1, 0.15) is 54.4 Å². The number of hydrogen-bond donors (Lipinski definition) is 0. The summed E-state index contributed by atoms with van der Waals surface area (Å²) in [6.45, 7) is 13.7. The van der Waals surface area contributed by atoms with Gasteiger partial charge in [0.15, 0.2) is 0 Å². The van der Waals surface area contributed by atoms with Gasteiger partial charge in [-0.2, -0.15) is 0 Å². The first-order valence-corrected chi connectivity index (χ1v) is 5.17. The van der Waals surface area contributed by atoms with Gasteiger partial charge in [-0.1, -0.05) is 45.3 Å². The van der Waals surface area contributed by atoms with E-state index in [0.717, 1.165) is 11.8 Å². The highest BCUT2D eigenvalue weighted by atomic mass is 14.2. The molecule has 0 aromatic carbocycles. The quantitative estimate of drug-likeness (QED) is 0.545. The SMILES string of the molecule is CCCC(C)C(=C(C)C)C(C)C. The second kappa shape index (κ2) is 5.40. The maximum atomic E-state index is 2.35. The van der Waals surface area contributed by atoms with Crippen molar-refractivity contribution in [3.63, 3.8) is 0 Å². The molecule has 0 aromatic rings. The van der Waals surface area contributed by atoms with Crippen LogP contribution in [0.3, 0.4) is 0 Å². The van der Waals surface area contributed by atoms with Crippen molar-refractivity contribution in [3.8, 4) is 0 Å². The van der Waals surface area contributed by atoms with Crippen molar-refractivity contribution in [3.05, 3.63) is 11.1 Å². The zero-order valence-electron chi connectivity index (χ0n) is 9.57. The van der Waals surface area contributed by atoms with Crippen LogP contribution in [0.25, 0.3) is 0 Å². The van der Waals surface area contributed by atoms with Crippen molar-refractivity contribution >= 4 is 0 Å². The molecular formula is C12H24. The van der Waals surface area contributed by atoms with E-state index in [2.05, 4.69) is 41.5 Å². The van der Waals surface area contributed by atoms with E-state index in [-0.39, 0.29) is 0 Å². The lowest BCUT2D eigenvalue weighted by Gasteiger charge is -2.21. The third-order valence-corrected chi connectivity index (χ3v) is 2.45. The van der Waals surface area contributed by atoms with E-state index in [9.17, 15) is 0 Å². The molecule has 72 valence electrons. The molecule has 0 aliphatic rings. The van der Waals surface area contributed by atoms with Crippen molar-refractivity contribution in [2.45, 2.75) is 54.4 Å². The fourth-order valence-corrected chi connectivity index (χ4v) is 2.23. The molecule has 0 rings (SSSR count). The standard InChI is InChI=1S/C12H24/c1-7-8-11(6)12(9(2)3)10(4)5/h9,11H,7-8H2,1-6H3. The zero-order chi connectivity index (χ0) is 9.72.